The number of hydrogen-bond donors (Lipinski definition) is 2. The Morgan fingerprint density at radius 2 is 1.90 bits per heavy atom. The number of methoxy groups -OCH3 is 1. The molecule has 0 aromatic heterocycles. The topological polar surface area (TPSA) is 110 Å². The first-order valence-corrected chi connectivity index (χ1v) is 6.91. The van der Waals surface area contributed by atoms with E-state index in [4.69, 9.17) is 5.11 Å². The lowest BCUT2D eigenvalue weighted by Crippen LogP contribution is -2.30. The molecule has 0 spiro atoms. The van der Waals surface area contributed by atoms with Crippen molar-refractivity contribution in [1.82, 2.24) is 4.72 Å². The number of carboxylic acid groups (broad SMARTS) is 1. The van der Waals surface area contributed by atoms with E-state index >= 15 is 0 Å². The summed E-state index contributed by atoms with van der Waals surface area (Å²) in [6, 6.07) is 5.51. The maximum Gasteiger partial charge on any atom is 0.328 e. The molecular weight excluding hydrogens is 286 g/mol. The normalized spacial score (nSPS) is 11.4. The van der Waals surface area contributed by atoms with Crippen molar-refractivity contribution in [2.24, 2.45) is 0 Å². The molecule has 0 aliphatic heterocycles. The molecule has 0 atom stereocenters. The van der Waals surface area contributed by atoms with E-state index in [0.717, 1.165) is 13.2 Å². The van der Waals surface area contributed by atoms with Gasteiger partial charge in [0.25, 0.3) is 0 Å². The molecule has 0 fully saturated rings. The van der Waals surface area contributed by atoms with E-state index in [1.54, 1.807) is 0 Å². The fraction of sp³-hybridized carbons (Fsp3) is 0.167. The van der Waals surface area contributed by atoms with Crippen LogP contribution >= 0.6 is 0 Å². The smallest absolute Gasteiger partial charge is 0.328 e. The quantitative estimate of drug-likeness (QED) is 0.575. The fourth-order valence-corrected chi connectivity index (χ4v) is 2.20. The van der Waals surface area contributed by atoms with Crippen molar-refractivity contribution >= 4 is 28.0 Å². The zero-order valence-electron chi connectivity index (χ0n) is 10.6. The molecule has 0 amide bonds. The van der Waals surface area contributed by atoms with Gasteiger partial charge in [0.1, 0.15) is 6.54 Å². The van der Waals surface area contributed by atoms with Crippen LogP contribution in [0.3, 0.4) is 0 Å². The Kier molecular flexibility index (Phi) is 5.42. The summed E-state index contributed by atoms with van der Waals surface area (Å²) < 4.78 is 30.0. The van der Waals surface area contributed by atoms with Crippen LogP contribution < -0.4 is 4.72 Å². The second kappa shape index (κ2) is 6.83. The van der Waals surface area contributed by atoms with Crippen LogP contribution in [0, 0.1) is 0 Å². The molecule has 20 heavy (non-hydrogen) atoms. The summed E-state index contributed by atoms with van der Waals surface area (Å²) in [5.41, 5.74) is 0.541. The highest BCUT2D eigenvalue weighted by Gasteiger charge is 2.15. The zero-order valence-corrected chi connectivity index (χ0v) is 11.4. The molecular formula is C12H13NO6S. The van der Waals surface area contributed by atoms with E-state index in [1.807, 2.05) is 0 Å². The number of carboxylic acids is 1. The summed E-state index contributed by atoms with van der Waals surface area (Å²) in [6.07, 6.45) is 2.28. The zero-order chi connectivity index (χ0) is 15.2. The number of aliphatic carboxylic acids is 1. The lowest BCUT2D eigenvalue weighted by molar-refractivity contribution is -0.139. The van der Waals surface area contributed by atoms with Gasteiger partial charge in [-0.05, 0) is 23.8 Å². The van der Waals surface area contributed by atoms with Gasteiger partial charge in [-0.3, -0.25) is 4.79 Å². The Balaban J connectivity index is 2.81. The van der Waals surface area contributed by atoms with Crippen LogP contribution in [-0.4, -0.2) is 39.1 Å². The van der Waals surface area contributed by atoms with Crippen LogP contribution in [0.4, 0.5) is 0 Å². The first-order valence-electron chi connectivity index (χ1n) is 5.42. The Bertz CT molecular complexity index is 618. The standard InChI is InChI=1S/C12H13NO6S/c1-19-12(16)8-13-20(17,18)10-5-2-9(3-6-10)4-7-11(14)15/h2-7,13H,8H2,1H3,(H,14,15)/b7-4+. The third-order valence-electron chi connectivity index (χ3n) is 2.24. The van der Waals surface area contributed by atoms with Gasteiger partial charge in [0, 0.05) is 6.08 Å². The average molecular weight is 299 g/mol. The molecule has 0 saturated heterocycles. The molecule has 2 N–H and O–H groups in total. The summed E-state index contributed by atoms with van der Waals surface area (Å²) in [5, 5.41) is 8.47. The second-order valence-electron chi connectivity index (χ2n) is 3.64. The van der Waals surface area contributed by atoms with E-state index in [0.29, 0.717) is 5.56 Å². The first kappa shape index (κ1) is 15.9. The molecule has 0 radical (unpaired) electrons. The average Bonchev–Trinajstić information content (AvgIpc) is 2.43. The number of ether oxygens (including phenoxy) is 1. The van der Waals surface area contributed by atoms with E-state index in [2.05, 4.69) is 9.46 Å². The molecule has 1 rings (SSSR count). The highest BCUT2D eigenvalue weighted by molar-refractivity contribution is 7.89. The summed E-state index contributed by atoms with van der Waals surface area (Å²) in [4.78, 5) is 21.2. The van der Waals surface area contributed by atoms with Gasteiger partial charge in [0.2, 0.25) is 10.0 Å². The molecule has 0 unspecified atom stereocenters. The third-order valence-corrected chi connectivity index (χ3v) is 3.66. The summed E-state index contributed by atoms with van der Waals surface area (Å²) in [6.45, 7) is -0.459. The van der Waals surface area contributed by atoms with Crippen molar-refractivity contribution in [3.63, 3.8) is 0 Å². The summed E-state index contributed by atoms with van der Waals surface area (Å²) in [7, 11) is -2.65. The number of carbonyl (C=O) groups excluding carboxylic acids is 1. The molecule has 108 valence electrons. The molecule has 1 aromatic carbocycles. The van der Waals surface area contributed by atoms with E-state index in [9.17, 15) is 18.0 Å². The van der Waals surface area contributed by atoms with Crippen LogP contribution in [0.2, 0.25) is 0 Å². The highest BCUT2D eigenvalue weighted by atomic mass is 32.2. The summed E-state index contributed by atoms with van der Waals surface area (Å²) >= 11 is 0. The van der Waals surface area contributed by atoms with Crippen molar-refractivity contribution in [3.05, 3.63) is 35.9 Å². The van der Waals surface area contributed by atoms with Gasteiger partial charge >= 0.3 is 11.9 Å². The highest BCUT2D eigenvalue weighted by Crippen LogP contribution is 2.11. The molecule has 0 saturated carbocycles. The van der Waals surface area contributed by atoms with Crippen molar-refractivity contribution in [3.8, 4) is 0 Å². The number of hydrogen-bond acceptors (Lipinski definition) is 5. The van der Waals surface area contributed by atoms with Crippen molar-refractivity contribution in [2.75, 3.05) is 13.7 Å². The Hall–Kier alpha value is -2.19. The second-order valence-corrected chi connectivity index (χ2v) is 5.41. The van der Waals surface area contributed by atoms with Crippen LogP contribution in [0.25, 0.3) is 6.08 Å². The maximum atomic E-state index is 11.8. The van der Waals surface area contributed by atoms with Crippen LogP contribution in [0.5, 0.6) is 0 Å². The number of benzene rings is 1. The predicted molar refractivity (Wildman–Crippen MR) is 70.3 cm³/mol. The van der Waals surface area contributed by atoms with Crippen molar-refractivity contribution in [1.29, 1.82) is 0 Å². The van der Waals surface area contributed by atoms with E-state index < -0.39 is 28.5 Å². The number of nitrogens with one attached hydrogen (secondary N) is 1. The molecule has 8 heteroatoms. The van der Waals surface area contributed by atoms with E-state index in [-0.39, 0.29) is 4.90 Å². The third kappa shape index (κ3) is 4.82. The van der Waals surface area contributed by atoms with Gasteiger partial charge in [0.15, 0.2) is 0 Å². The van der Waals surface area contributed by atoms with Gasteiger partial charge in [-0.25, -0.2) is 13.2 Å². The number of esters is 1. The van der Waals surface area contributed by atoms with Gasteiger partial charge in [-0.1, -0.05) is 12.1 Å². The maximum absolute atomic E-state index is 11.8. The minimum Gasteiger partial charge on any atom is -0.478 e. The van der Waals surface area contributed by atoms with Crippen LogP contribution in [-0.2, 0) is 24.3 Å². The van der Waals surface area contributed by atoms with Gasteiger partial charge < -0.3 is 9.84 Å². The lowest BCUT2D eigenvalue weighted by Gasteiger charge is -2.05. The molecule has 1 aromatic rings. The van der Waals surface area contributed by atoms with Crippen LogP contribution in [0.1, 0.15) is 5.56 Å². The monoisotopic (exact) mass is 299 g/mol. The van der Waals surface area contributed by atoms with Crippen molar-refractivity contribution in [2.45, 2.75) is 4.90 Å². The predicted octanol–water partition coefficient (Wildman–Crippen LogP) is 0.236. The lowest BCUT2D eigenvalue weighted by atomic mass is 10.2. The Morgan fingerprint density at radius 3 is 2.40 bits per heavy atom. The Morgan fingerprint density at radius 1 is 1.30 bits per heavy atom. The van der Waals surface area contributed by atoms with Crippen molar-refractivity contribution < 1.29 is 27.9 Å². The summed E-state index contributed by atoms with van der Waals surface area (Å²) in [5.74, 6) is -1.80. The molecule has 0 aliphatic carbocycles. The number of carbonyl (C=O) groups is 2. The number of sulfonamides is 1. The minimum atomic E-state index is -3.80. The SMILES string of the molecule is COC(=O)CNS(=O)(=O)c1ccc(/C=C/C(=O)O)cc1. The van der Waals surface area contributed by atoms with Gasteiger partial charge in [-0.15, -0.1) is 0 Å². The van der Waals surface area contributed by atoms with Gasteiger partial charge in [0.05, 0.1) is 12.0 Å². The Labute approximate surface area is 115 Å². The van der Waals surface area contributed by atoms with E-state index in [1.165, 1.54) is 30.3 Å². The fourth-order valence-electron chi connectivity index (χ4n) is 1.24. The molecule has 0 aliphatic rings. The molecule has 7 nitrogen and oxygen atoms in total. The first-order chi connectivity index (χ1) is 9.35. The number of rotatable bonds is 6. The molecule has 0 heterocycles. The molecule has 0 bridgehead atoms. The largest absolute Gasteiger partial charge is 0.478 e. The van der Waals surface area contributed by atoms with Gasteiger partial charge in [-0.2, -0.15) is 4.72 Å². The minimum absolute atomic E-state index is 0.0334. The van der Waals surface area contributed by atoms with Crippen LogP contribution in [0.15, 0.2) is 35.2 Å².